The highest BCUT2D eigenvalue weighted by Crippen LogP contribution is 2.28. The van der Waals surface area contributed by atoms with Crippen molar-refractivity contribution in [2.24, 2.45) is 5.73 Å². The van der Waals surface area contributed by atoms with Crippen LogP contribution in [0.25, 0.3) is 0 Å². The molecule has 20 heavy (non-hydrogen) atoms. The number of nitrogen functional groups attached to an aromatic ring is 1. The van der Waals surface area contributed by atoms with E-state index in [0.29, 0.717) is 11.3 Å². The van der Waals surface area contributed by atoms with Crippen LogP contribution in [0, 0.1) is 0 Å². The molecular formula is C16H19N3O. The average molecular weight is 269 g/mol. The lowest BCUT2D eigenvalue weighted by Gasteiger charge is -2.22. The normalized spacial score (nSPS) is 10.3. The zero-order valence-electron chi connectivity index (χ0n) is 11.8. The number of nitrogens with zero attached hydrogens (tertiary/aromatic N) is 1. The molecule has 2 rings (SSSR count). The summed E-state index contributed by atoms with van der Waals surface area (Å²) in [7, 11) is 1.90. The number of primary amides is 1. The summed E-state index contributed by atoms with van der Waals surface area (Å²) in [5.74, 6) is -0.482. The van der Waals surface area contributed by atoms with Crippen molar-refractivity contribution in [2.45, 2.75) is 13.3 Å². The van der Waals surface area contributed by atoms with Crippen LogP contribution in [0.4, 0.5) is 17.1 Å². The van der Waals surface area contributed by atoms with Gasteiger partial charge in [-0.1, -0.05) is 19.1 Å². The summed E-state index contributed by atoms with van der Waals surface area (Å²) in [5.41, 5.74) is 15.1. The van der Waals surface area contributed by atoms with Gasteiger partial charge >= 0.3 is 0 Å². The fourth-order valence-electron chi connectivity index (χ4n) is 2.14. The van der Waals surface area contributed by atoms with Crippen molar-refractivity contribution in [3.63, 3.8) is 0 Å². The van der Waals surface area contributed by atoms with Gasteiger partial charge in [0, 0.05) is 18.4 Å². The van der Waals surface area contributed by atoms with Crippen molar-refractivity contribution in [3.8, 4) is 0 Å². The van der Waals surface area contributed by atoms with E-state index >= 15 is 0 Å². The molecule has 2 aromatic carbocycles. The lowest BCUT2D eigenvalue weighted by molar-refractivity contribution is 0.100. The molecule has 0 heterocycles. The van der Waals surface area contributed by atoms with E-state index in [1.54, 1.807) is 12.1 Å². The number of carbonyl (C=O) groups is 1. The number of amides is 1. The third-order valence-corrected chi connectivity index (χ3v) is 3.38. The van der Waals surface area contributed by atoms with E-state index in [-0.39, 0.29) is 0 Å². The molecule has 0 bridgehead atoms. The fraction of sp³-hybridized carbons (Fsp3) is 0.188. The van der Waals surface area contributed by atoms with Gasteiger partial charge in [0.25, 0.3) is 5.91 Å². The Morgan fingerprint density at radius 1 is 1.15 bits per heavy atom. The van der Waals surface area contributed by atoms with Gasteiger partial charge in [-0.3, -0.25) is 4.79 Å². The van der Waals surface area contributed by atoms with Crippen molar-refractivity contribution in [1.29, 1.82) is 0 Å². The maximum absolute atomic E-state index is 11.6. The number of hydrogen-bond acceptors (Lipinski definition) is 3. The summed E-state index contributed by atoms with van der Waals surface area (Å²) in [4.78, 5) is 13.5. The maximum Gasteiger partial charge on any atom is 0.250 e. The minimum Gasteiger partial charge on any atom is -0.399 e. The Bertz CT molecular complexity index is 620. The smallest absolute Gasteiger partial charge is 0.250 e. The third kappa shape index (κ3) is 2.74. The van der Waals surface area contributed by atoms with Crippen molar-refractivity contribution in [3.05, 3.63) is 53.6 Å². The van der Waals surface area contributed by atoms with Crippen LogP contribution >= 0.6 is 0 Å². The van der Waals surface area contributed by atoms with E-state index in [0.717, 1.165) is 17.8 Å². The van der Waals surface area contributed by atoms with Gasteiger partial charge in [0.15, 0.2) is 0 Å². The predicted octanol–water partition coefficient (Wildman–Crippen LogP) is 2.70. The number of hydrogen-bond donors (Lipinski definition) is 2. The number of nitrogens with two attached hydrogens (primary N) is 2. The molecule has 0 aliphatic rings. The second kappa shape index (κ2) is 5.65. The molecule has 4 nitrogen and oxygen atoms in total. The summed E-state index contributed by atoms with van der Waals surface area (Å²) in [6, 6.07) is 13.4. The highest BCUT2D eigenvalue weighted by Gasteiger charge is 2.13. The first-order valence-electron chi connectivity index (χ1n) is 6.55. The molecule has 0 atom stereocenters. The van der Waals surface area contributed by atoms with Crippen LogP contribution < -0.4 is 16.4 Å². The summed E-state index contributed by atoms with van der Waals surface area (Å²) < 4.78 is 0. The SMILES string of the molecule is CCc1ccc(N(C)c2ccc(N)cc2C(N)=O)cc1. The summed E-state index contributed by atoms with van der Waals surface area (Å²) >= 11 is 0. The van der Waals surface area contributed by atoms with Gasteiger partial charge in [-0.2, -0.15) is 0 Å². The zero-order valence-corrected chi connectivity index (χ0v) is 11.8. The Morgan fingerprint density at radius 2 is 1.80 bits per heavy atom. The molecule has 104 valence electrons. The highest BCUT2D eigenvalue weighted by atomic mass is 16.1. The number of benzene rings is 2. The average Bonchev–Trinajstić information content (AvgIpc) is 2.46. The zero-order chi connectivity index (χ0) is 14.7. The van der Waals surface area contributed by atoms with Gasteiger partial charge in [-0.05, 0) is 42.3 Å². The molecule has 0 unspecified atom stereocenters. The molecule has 0 aromatic heterocycles. The van der Waals surface area contributed by atoms with Gasteiger partial charge in [-0.15, -0.1) is 0 Å². The van der Waals surface area contributed by atoms with Crippen LogP contribution in [0.1, 0.15) is 22.8 Å². The van der Waals surface area contributed by atoms with Gasteiger partial charge in [-0.25, -0.2) is 0 Å². The van der Waals surface area contributed by atoms with Crippen LogP contribution in [0.5, 0.6) is 0 Å². The van der Waals surface area contributed by atoms with Gasteiger partial charge in [0.1, 0.15) is 0 Å². The first-order valence-corrected chi connectivity index (χ1v) is 6.55. The monoisotopic (exact) mass is 269 g/mol. The van der Waals surface area contributed by atoms with Crippen molar-refractivity contribution in [2.75, 3.05) is 17.7 Å². The van der Waals surface area contributed by atoms with Gasteiger partial charge in [0.05, 0.1) is 11.3 Å². The third-order valence-electron chi connectivity index (χ3n) is 3.38. The molecule has 4 heteroatoms. The molecule has 0 fully saturated rings. The molecule has 0 spiro atoms. The molecular weight excluding hydrogens is 250 g/mol. The van der Waals surface area contributed by atoms with Crippen LogP contribution in [0.15, 0.2) is 42.5 Å². The minimum absolute atomic E-state index is 0.423. The Labute approximate surface area is 119 Å². The van der Waals surface area contributed by atoms with Crippen LogP contribution in [0.3, 0.4) is 0 Å². The first-order chi connectivity index (χ1) is 9.52. The van der Waals surface area contributed by atoms with Crippen LogP contribution in [-0.2, 0) is 6.42 Å². The molecule has 0 saturated carbocycles. The van der Waals surface area contributed by atoms with E-state index in [1.165, 1.54) is 5.56 Å². The second-order valence-electron chi connectivity index (χ2n) is 4.72. The topological polar surface area (TPSA) is 72.3 Å². The first kappa shape index (κ1) is 13.9. The number of carbonyl (C=O) groups excluding carboxylic acids is 1. The maximum atomic E-state index is 11.6. The van der Waals surface area contributed by atoms with Gasteiger partial charge in [0.2, 0.25) is 0 Å². The Balaban J connectivity index is 2.41. The number of aryl methyl sites for hydroxylation is 1. The fourth-order valence-corrected chi connectivity index (χ4v) is 2.14. The standard InChI is InChI=1S/C16H19N3O/c1-3-11-4-7-13(8-5-11)19(2)15-9-6-12(17)10-14(15)16(18)20/h4-10H,3,17H2,1-2H3,(H2,18,20). The number of rotatable bonds is 4. The summed E-state index contributed by atoms with van der Waals surface area (Å²) in [6.45, 7) is 2.11. The molecule has 0 aliphatic heterocycles. The van der Waals surface area contributed by atoms with E-state index in [2.05, 4.69) is 19.1 Å². The molecule has 0 radical (unpaired) electrons. The van der Waals surface area contributed by atoms with Crippen LogP contribution in [0.2, 0.25) is 0 Å². The van der Waals surface area contributed by atoms with E-state index in [4.69, 9.17) is 11.5 Å². The van der Waals surface area contributed by atoms with E-state index < -0.39 is 5.91 Å². The Hall–Kier alpha value is -2.49. The van der Waals surface area contributed by atoms with Gasteiger partial charge < -0.3 is 16.4 Å². The molecule has 0 saturated heterocycles. The summed E-state index contributed by atoms with van der Waals surface area (Å²) in [6.07, 6.45) is 0.998. The quantitative estimate of drug-likeness (QED) is 0.838. The Morgan fingerprint density at radius 3 is 2.35 bits per heavy atom. The Kier molecular flexibility index (Phi) is 3.94. The number of anilines is 3. The lowest BCUT2D eigenvalue weighted by atomic mass is 10.1. The van der Waals surface area contributed by atoms with Crippen molar-refractivity contribution < 1.29 is 4.79 Å². The second-order valence-corrected chi connectivity index (χ2v) is 4.72. The van der Waals surface area contributed by atoms with E-state index in [1.807, 2.05) is 30.1 Å². The predicted molar refractivity (Wildman–Crippen MR) is 83.3 cm³/mol. The highest BCUT2D eigenvalue weighted by molar-refractivity contribution is 6.00. The molecule has 4 N–H and O–H groups in total. The van der Waals surface area contributed by atoms with E-state index in [9.17, 15) is 4.79 Å². The molecule has 2 aromatic rings. The van der Waals surface area contributed by atoms with Crippen LogP contribution in [-0.4, -0.2) is 13.0 Å². The molecule has 1 amide bonds. The summed E-state index contributed by atoms with van der Waals surface area (Å²) in [5, 5.41) is 0. The minimum atomic E-state index is -0.482. The molecule has 0 aliphatic carbocycles. The van der Waals surface area contributed by atoms with Crippen molar-refractivity contribution >= 4 is 23.0 Å². The van der Waals surface area contributed by atoms with Crippen molar-refractivity contribution in [1.82, 2.24) is 0 Å². The lowest BCUT2D eigenvalue weighted by Crippen LogP contribution is -2.18. The largest absolute Gasteiger partial charge is 0.399 e.